The van der Waals surface area contributed by atoms with Gasteiger partial charge in [-0.05, 0) is 36.4 Å². The van der Waals surface area contributed by atoms with E-state index in [9.17, 15) is 9.59 Å². The van der Waals surface area contributed by atoms with Crippen LogP contribution in [-0.2, 0) is 11.3 Å². The Labute approximate surface area is 195 Å². The van der Waals surface area contributed by atoms with Crippen LogP contribution in [0.4, 0.5) is 5.69 Å². The molecule has 3 N–H and O–H groups in total. The van der Waals surface area contributed by atoms with Crippen molar-refractivity contribution in [3.05, 3.63) is 67.9 Å². The molecule has 0 saturated carbocycles. The molecular formula is C18H13Cl4N5O2S. The molecule has 3 rings (SSSR count). The standard InChI is InChI=1S/C18H13Cl4N5O2S/c19-10-3-1-9(2-4-10)17(29)23-7-14-24-18(27-26-14)30-8-15(28)25-16-12(21)5-11(20)6-13(16)22/h1-6H,7-8H2,(H,23,29)(H,25,28)(H,24,26,27). The van der Waals surface area contributed by atoms with Gasteiger partial charge in [0, 0.05) is 15.6 Å². The van der Waals surface area contributed by atoms with Crippen LogP contribution >= 0.6 is 58.2 Å². The minimum Gasteiger partial charge on any atom is -0.345 e. The highest BCUT2D eigenvalue weighted by molar-refractivity contribution is 7.99. The second-order valence-electron chi connectivity index (χ2n) is 5.84. The number of hydrogen-bond donors (Lipinski definition) is 3. The average Bonchev–Trinajstić information content (AvgIpc) is 3.16. The summed E-state index contributed by atoms with van der Waals surface area (Å²) >= 11 is 24.9. The maximum atomic E-state index is 12.2. The molecule has 0 radical (unpaired) electrons. The first-order valence-electron chi connectivity index (χ1n) is 8.34. The van der Waals surface area contributed by atoms with Crippen LogP contribution in [0.15, 0.2) is 41.6 Å². The number of anilines is 1. The number of amides is 2. The number of rotatable bonds is 7. The molecule has 0 aliphatic carbocycles. The monoisotopic (exact) mass is 503 g/mol. The molecular weight excluding hydrogens is 492 g/mol. The van der Waals surface area contributed by atoms with E-state index in [0.29, 0.717) is 26.6 Å². The lowest BCUT2D eigenvalue weighted by atomic mass is 10.2. The van der Waals surface area contributed by atoms with Crippen molar-refractivity contribution in [2.75, 3.05) is 11.1 Å². The first-order chi connectivity index (χ1) is 14.3. The van der Waals surface area contributed by atoms with Crippen LogP contribution in [0.2, 0.25) is 20.1 Å². The summed E-state index contributed by atoms with van der Waals surface area (Å²) in [6, 6.07) is 9.48. The summed E-state index contributed by atoms with van der Waals surface area (Å²) in [7, 11) is 0. The third-order valence-corrected chi connectivity index (χ3v) is 5.55. The third kappa shape index (κ3) is 6.26. The van der Waals surface area contributed by atoms with Crippen molar-refractivity contribution in [1.29, 1.82) is 0 Å². The zero-order valence-corrected chi connectivity index (χ0v) is 18.8. The van der Waals surface area contributed by atoms with E-state index in [0.717, 1.165) is 11.8 Å². The van der Waals surface area contributed by atoms with Crippen molar-refractivity contribution in [2.24, 2.45) is 0 Å². The van der Waals surface area contributed by atoms with Gasteiger partial charge in [-0.2, -0.15) is 0 Å². The number of nitrogens with one attached hydrogen (secondary N) is 3. The topological polar surface area (TPSA) is 99.8 Å². The van der Waals surface area contributed by atoms with Crippen LogP contribution in [0.5, 0.6) is 0 Å². The Morgan fingerprint density at radius 3 is 2.33 bits per heavy atom. The Bertz CT molecular complexity index is 1050. The van der Waals surface area contributed by atoms with Gasteiger partial charge in [0.2, 0.25) is 11.1 Å². The van der Waals surface area contributed by atoms with E-state index in [1.165, 1.54) is 12.1 Å². The fourth-order valence-electron chi connectivity index (χ4n) is 2.26. The van der Waals surface area contributed by atoms with Crippen LogP contribution < -0.4 is 10.6 Å². The number of hydrogen-bond acceptors (Lipinski definition) is 5. The van der Waals surface area contributed by atoms with Crippen LogP contribution in [0, 0.1) is 0 Å². The van der Waals surface area contributed by atoms with Gasteiger partial charge in [-0.1, -0.05) is 58.2 Å². The van der Waals surface area contributed by atoms with E-state index < -0.39 is 0 Å². The quantitative estimate of drug-likeness (QED) is 0.389. The van der Waals surface area contributed by atoms with Gasteiger partial charge in [0.05, 0.1) is 28.0 Å². The average molecular weight is 505 g/mol. The molecule has 0 bridgehead atoms. The molecule has 0 aliphatic heterocycles. The lowest BCUT2D eigenvalue weighted by Gasteiger charge is -2.09. The predicted octanol–water partition coefficient (Wildman–Crippen LogP) is 5.08. The Morgan fingerprint density at radius 1 is 1.00 bits per heavy atom. The summed E-state index contributed by atoms with van der Waals surface area (Å²) in [5.74, 6) is -0.130. The van der Waals surface area contributed by atoms with Gasteiger partial charge in [-0.15, -0.1) is 5.10 Å². The largest absolute Gasteiger partial charge is 0.345 e. The molecule has 0 saturated heterocycles. The van der Waals surface area contributed by atoms with Gasteiger partial charge in [0.15, 0.2) is 0 Å². The maximum absolute atomic E-state index is 12.2. The summed E-state index contributed by atoms with van der Waals surface area (Å²) in [5, 5.41) is 13.8. The molecule has 1 heterocycles. The Hall–Kier alpha value is -1.97. The number of carbonyl (C=O) groups is 2. The highest BCUT2D eigenvalue weighted by Crippen LogP contribution is 2.33. The SMILES string of the molecule is O=C(CSc1n[nH]c(CNC(=O)c2ccc(Cl)cc2)n1)Nc1c(Cl)cc(Cl)cc1Cl. The Morgan fingerprint density at radius 2 is 1.67 bits per heavy atom. The zero-order chi connectivity index (χ0) is 21.7. The molecule has 30 heavy (non-hydrogen) atoms. The van der Waals surface area contributed by atoms with E-state index in [1.54, 1.807) is 24.3 Å². The lowest BCUT2D eigenvalue weighted by molar-refractivity contribution is -0.113. The molecule has 0 unspecified atom stereocenters. The minimum atomic E-state index is -0.339. The molecule has 2 amide bonds. The summed E-state index contributed by atoms with van der Waals surface area (Å²) in [5.41, 5.74) is 0.763. The number of H-pyrrole nitrogens is 1. The normalized spacial score (nSPS) is 10.7. The van der Waals surface area contributed by atoms with Crippen LogP contribution in [0.3, 0.4) is 0 Å². The van der Waals surface area contributed by atoms with Gasteiger partial charge >= 0.3 is 0 Å². The van der Waals surface area contributed by atoms with Gasteiger partial charge in [-0.25, -0.2) is 4.98 Å². The highest BCUT2D eigenvalue weighted by atomic mass is 35.5. The molecule has 1 aromatic heterocycles. The smallest absolute Gasteiger partial charge is 0.251 e. The second-order valence-corrected chi connectivity index (χ2v) is 8.47. The van der Waals surface area contributed by atoms with Gasteiger partial charge in [0.25, 0.3) is 5.91 Å². The molecule has 12 heteroatoms. The molecule has 0 fully saturated rings. The number of thioether (sulfide) groups is 1. The van der Waals surface area contributed by atoms with Crippen molar-refractivity contribution in [1.82, 2.24) is 20.5 Å². The van der Waals surface area contributed by atoms with E-state index in [1.807, 2.05) is 0 Å². The maximum Gasteiger partial charge on any atom is 0.251 e. The summed E-state index contributed by atoms with van der Waals surface area (Å²) in [6.07, 6.45) is 0. The summed E-state index contributed by atoms with van der Waals surface area (Å²) in [4.78, 5) is 28.5. The Balaban J connectivity index is 1.49. The minimum absolute atomic E-state index is 0.0315. The molecule has 3 aromatic rings. The molecule has 7 nitrogen and oxygen atoms in total. The number of halogens is 4. The van der Waals surface area contributed by atoms with Crippen LogP contribution in [0.25, 0.3) is 0 Å². The molecule has 2 aromatic carbocycles. The number of aromatic amines is 1. The van der Waals surface area contributed by atoms with Crippen molar-refractivity contribution in [3.63, 3.8) is 0 Å². The van der Waals surface area contributed by atoms with Gasteiger partial charge in [-0.3, -0.25) is 14.7 Å². The number of nitrogens with zero attached hydrogens (tertiary/aromatic N) is 2. The molecule has 156 valence electrons. The van der Waals surface area contributed by atoms with E-state index in [-0.39, 0.29) is 39.8 Å². The highest BCUT2D eigenvalue weighted by Gasteiger charge is 2.13. The van der Waals surface area contributed by atoms with Gasteiger partial charge < -0.3 is 10.6 Å². The summed E-state index contributed by atoms with van der Waals surface area (Å²) in [6.45, 7) is 0.150. The first-order valence-corrected chi connectivity index (χ1v) is 10.8. The number of benzene rings is 2. The fourth-order valence-corrected chi connectivity index (χ4v) is 3.91. The van der Waals surface area contributed by atoms with Crippen molar-refractivity contribution < 1.29 is 9.59 Å². The molecule has 0 spiro atoms. The molecule has 0 atom stereocenters. The zero-order valence-electron chi connectivity index (χ0n) is 15.0. The van der Waals surface area contributed by atoms with Gasteiger partial charge in [0.1, 0.15) is 5.82 Å². The first kappa shape index (κ1) is 22.7. The van der Waals surface area contributed by atoms with Crippen LogP contribution in [0.1, 0.15) is 16.2 Å². The van der Waals surface area contributed by atoms with E-state index >= 15 is 0 Å². The van der Waals surface area contributed by atoms with Crippen molar-refractivity contribution >= 4 is 75.7 Å². The predicted molar refractivity (Wildman–Crippen MR) is 120 cm³/mol. The number of carbonyl (C=O) groups excluding carboxylic acids is 2. The number of aromatic nitrogens is 3. The van der Waals surface area contributed by atoms with Crippen LogP contribution in [-0.4, -0.2) is 32.7 Å². The second kappa shape index (κ2) is 10.4. The van der Waals surface area contributed by atoms with Crippen molar-refractivity contribution in [2.45, 2.75) is 11.7 Å². The third-order valence-electron chi connectivity index (χ3n) is 3.64. The van der Waals surface area contributed by atoms with E-state index in [4.69, 9.17) is 46.4 Å². The Kier molecular flexibility index (Phi) is 7.85. The van der Waals surface area contributed by atoms with Crippen molar-refractivity contribution in [3.8, 4) is 0 Å². The fraction of sp³-hybridized carbons (Fsp3) is 0.111. The molecule has 0 aliphatic rings. The summed E-state index contributed by atoms with van der Waals surface area (Å²) < 4.78 is 0. The lowest BCUT2D eigenvalue weighted by Crippen LogP contribution is -2.23. The van der Waals surface area contributed by atoms with E-state index in [2.05, 4.69) is 25.8 Å².